The van der Waals surface area contributed by atoms with Crippen molar-refractivity contribution in [3.63, 3.8) is 0 Å². The fourth-order valence-electron chi connectivity index (χ4n) is 0.723. The zero-order valence-electron chi connectivity index (χ0n) is 7.33. The molecule has 0 fully saturated rings. The Morgan fingerprint density at radius 2 is 2.31 bits per heavy atom. The Morgan fingerprint density at radius 1 is 1.69 bits per heavy atom. The third-order valence-electron chi connectivity index (χ3n) is 1.36. The van der Waals surface area contributed by atoms with Crippen LogP contribution in [-0.4, -0.2) is 28.8 Å². The molecule has 0 aliphatic carbocycles. The van der Waals surface area contributed by atoms with E-state index in [0.29, 0.717) is 6.54 Å². The molecule has 0 aromatic heterocycles. The summed E-state index contributed by atoms with van der Waals surface area (Å²) >= 11 is 0. The number of nitrogens with two attached hydrogens (primary N) is 1. The standard InChI is InChI=1S/C8H15N3O2/c1-2-3-6(12)7(13)4-5-11-8(9)10/h2-3,7,12-13H,1,4-5H2,(H4,9,10,11)/b6-3+/t7-/m0/s1. The normalized spacial score (nSPS) is 13.5. The number of guanidine groups is 1. The van der Waals surface area contributed by atoms with E-state index in [0.717, 1.165) is 0 Å². The van der Waals surface area contributed by atoms with Gasteiger partial charge in [0.25, 0.3) is 0 Å². The molecule has 5 nitrogen and oxygen atoms in total. The highest BCUT2D eigenvalue weighted by Crippen LogP contribution is 2.01. The smallest absolute Gasteiger partial charge is 0.185 e. The van der Waals surface area contributed by atoms with E-state index in [1.165, 1.54) is 12.2 Å². The lowest BCUT2D eigenvalue weighted by molar-refractivity contribution is 0.146. The average molecular weight is 185 g/mol. The van der Waals surface area contributed by atoms with Gasteiger partial charge in [0.05, 0.1) is 0 Å². The van der Waals surface area contributed by atoms with Gasteiger partial charge in [-0.3, -0.25) is 5.41 Å². The quantitative estimate of drug-likeness (QED) is 0.178. The van der Waals surface area contributed by atoms with Gasteiger partial charge in [0.1, 0.15) is 11.9 Å². The summed E-state index contributed by atoms with van der Waals surface area (Å²) in [5.74, 6) is -0.292. The maximum Gasteiger partial charge on any atom is 0.185 e. The second-order valence-corrected chi connectivity index (χ2v) is 2.47. The molecule has 0 radical (unpaired) electrons. The average Bonchev–Trinajstić information content (AvgIpc) is 2.04. The third kappa shape index (κ3) is 5.75. The van der Waals surface area contributed by atoms with Gasteiger partial charge in [0.2, 0.25) is 0 Å². The Kier molecular flexibility index (Phi) is 5.38. The second kappa shape index (κ2) is 6.07. The van der Waals surface area contributed by atoms with Gasteiger partial charge >= 0.3 is 0 Å². The van der Waals surface area contributed by atoms with Gasteiger partial charge < -0.3 is 21.3 Å². The molecule has 5 heteroatoms. The van der Waals surface area contributed by atoms with Gasteiger partial charge in [-0.2, -0.15) is 0 Å². The van der Waals surface area contributed by atoms with Crippen LogP contribution in [0.4, 0.5) is 0 Å². The molecule has 1 atom stereocenters. The number of rotatable bonds is 5. The first-order valence-corrected chi connectivity index (χ1v) is 3.85. The molecule has 0 aliphatic rings. The van der Waals surface area contributed by atoms with E-state index in [1.54, 1.807) is 0 Å². The van der Waals surface area contributed by atoms with Crippen LogP contribution in [0.15, 0.2) is 24.5 Å². The van der Waals surface area contributed by atoms with E-state index in [-0.39, 0.29) is 18.1 Å². The number of hydrogen-bond donors (Lipinski definition) is 5. The molecule has 0 rings (SSSR count). The molecule has 74 valence electrons. The number of hydrogen-bond acceptors (Lipinski definition) is 3. The van der Waals surface area contributed by atoms with Crippen LogP contribution in [0.3, 0.4) is 0 Å². The van der Waals surface area contributed by atoms with Gasteiger partial charge in [-0.25, -0.2) is 0 Å². The lowest BCUT2D eigenvalue weighted by Gasteiger charge is -2.09. The van der Waals surface area contributed by atoms with Gasteiger partial charge in [0, 0.05) is 6.54 Å². The summed E-state index contributed by atoms with van der Waals surface area (Å²) in [5, 5.41) is 27.7. The van der Waals surface area contributed by atoms with Crippen molar-refractivity contribution in [2.24, 2.45) is 5.73 Å². The van der Waals surface area contributed by atoms with Gasteiger partial charge in [0.15, 0.2) is 5.96 Å². The summed E-state index contributed by atoms with van der Waals surface area (Å²) in [6, 6.07) is 0. The van der Waals surface area contributed by atoms with E-state index in [4.69, 9.17) is 16.2 Å². The molecular formula is C8H15N3O2. The highest BCUT2D eigenvalue weighted by molar-refractivity contribution is 5.74. The van der Waals surface area contributed by atoms with Crippen molar-refractivity contribution in [2.45, 2.75) is 12.5 Å². The van der Waals surface area contributed by atoms with Crippen LogP contribution in [0.2, 0.25) is 0 Å². The summed E-state index contributed by atoms with van der Waals surface area (Å²) in [6.07, 6.45) is 2.05. The first-order valence-electron chi connectivity index (χ1n) is 3.85. The van der Waals surface area contributed by atoms with Crippen LogP contribution in [0.25, 0.3) is 0 Å². The van der Waals surface area contributed by atoms with Crippen molar-refractivity contribution in [2.75, 3.05) is 6.54 Å². The molecule has 0 heterocycles. The van der Waals surface area contributed by atoms with Crippen molar-refractivity contribution in [1.29, 1.82) is 5.41 Å². The minimum absolute atomic E-state index is 0.139. The summed E-state index contributed by atoms with van der Waals surface area (Å²) in [6.45, 7) is 3.71. The lowest BCUT2D eigenvalue weighted by Crippen LogP contribution is -2.32. The number of allylic oxidation sites excluding steroid dienone is 2. The highest BCUT2D eigenvalue weighted by Gasteiger charge is 2.07. The molecule has 0 aromatic carbocycles. The van der Waals surface area contributed by atoms with Crippen molar-refractivity contribution in [3.8, 4) is 0 Å². The number of aliphatic hydroxyl groups is 2. The second-order valence-electron chi connectivity index (χ2n) is 2.47. The Balaban J connectivity index is 3.73. The van der Waals surface area contributed by atoms with E-state index < -0.39 is 6.10 Å². The third-order valence-corrected chi connectivity index (χ3v) is 1.36. The number of aliphatic hydroxyl groups excluding tert-OH is 2. The van der Waals surface area contributed by atoms with Crippen LogP contribution >= 0.6 is 0 Å². The van der Waals surface area contributed by atoms with E-state index in [9.17, 15) is 5.11 Å². The molecule has 0 bridgehead atoms. The zero-order chi connectivity index (χ0) is 10.3. The zero-order valence-corrected chi connectivity index (χ0v) is 7.33. The molecule has 0 aliphatic heterocycles. The van der Waals surface area contributed by atoms with E-state index in [2.05, 4.69) is 11.9 Å². The maximum absolute atomic E-state index is 9.24. The molecular weight excluding hydrogens is 170 g/mol. The molecule has 6 N–H and O–H groups in total. The van der Waals surface area contributed by atoms with Crippen LogP contribution in [-0.2, 0) is 0 Å². The first kappa shape index (κ1) is 11.5. The van der Waals surface area contributed by atoms with Gasteiger partial charge in [-0.15, -0.1) is 0 Å². The van der Waals surface area contributed by atoms with Crippen LogP contribution < -0.4 is 11.1 Å². The van der Waals surface area contributed by atoms with Gasteiger partial charge in [-0.1, -0.05) is 12.7 Å². The van der Waals surface area contributed by atoms with Crippen molar-refractivity contribution >= 4 is 5.96 Å². The summed E-state index contributed by atoms with van der Waals surface area (Å²) < 4.78 is 0. The lowest BCUT2D eigenvalue weighted by atomic mass is 10.2. The predicted molar refractivity (Wildman–Crippen MR) is 51.4 cm³/mol. The predicted octanol–water partition coefficient (Wildman–Crippen LogP) is -0.152. The fraction of sp³-hybridized carbons (Fsp3) is 0.375. The Hall–Kier alpha value is -1.49. The summed E-state index contributed by atoms with van der Waals surface area (Å²) in [5.41, 5.74) is 5.01. The first-order chi connectivity index (χ1) is 6.07. The van der Waals surface area contributed by atoms with Crippen LogP contribution in [0.1, 0.15) is 6.42 Å². The highest BCUT2D eigenvalue weighted by atomic mass is 16.3. The van der Waals surface area contributed by atoms with Crippen LogP contribution in [0.5, 0.6) is 0 Å². The molecule has 0 amide bonds. The largest absolute Gasteiger partial charge is 0.510 e. The SMILES string of the molecule is C=C/C=C(/O)[C@@H](O)CCNC(=N)N. The summed E-state index contributed by atoms with van der Waals surface area (Å²) in [4.78, 5) is 0. The maximum atomic E-state index is 9.24. The molecule has 0 saturated carbocycles. The fourth-order valence-corrected chi connectivity index (χ4v) is 0.723. The van der Waals surface area contributed by atoms with E-state index in [1.807, 2.05) is 0 Å². The molecule has 0 saturated heterocycles. The number of nitrogens with one attached hydrogen (secondary N) is 2. The molecule has 0 unspecified atom stereocenters. The molecule has 13 heavy (non-hydrogen) atoms. The van der Waals surface area contributed by atoms with Crippen molar-refractivity contribution in [1.82, 2.24) is 5.32 Å². The minimum Gasteiger partial charge on any atom is -0.510 e. The minimum atomic E-state index is -0.940. The molecule has 0 spiro atoms. The topological polar surface area (TPSA) is 102 Å². The van der Waals surface area contributed by atoms with Crippen LogP contribution in [0, 0.1) is 5.41 Å². The van der Waals surface area contributed by atoms with Crippen molar-refractivity contribution in [3.05, 3.63) is 24.5 Å². The molecule has 0 aromatic rings. The monoisotopic (exact) mass is 185 g/mol. The van der Waals surface area contributed by atoms with Crippen molar-refractivity contribution < 1.29 is 10.2 Å². The Bertz CT molecular complexity index is 213. The summed E-state index contributed by atoms with van der Waals surface area (Å²) in [7, 11) is 0. The Morgan fingerprint density at radius 3 is 2.77 bits per heavy atom. The van der Waals surface area contributed by atoms with E-state index >= 15 is 0 Å². The Labute approximate surface area is 77.1 Å². The van der Waals surface area contributed by atoms with Gasteiger partial charge in [-0.05, 0) is 12.5 Å².